The van der Waals surface area contributed by atoms with Crippen LogP contribution >= 0.6 is 0 Å². The summed E-state index contributed by atoms with van der Waals surface area (Å²) in [6.45, 7) is 4.24. The van der Waals surface area contributed by atoms with Gasteiger partial charge in [-0.1, -0.05) is 18.2 Å². The van der Waals surface area contributed by atoms with Gasteiger partial charge in [-0.05, 0) is 42.8 Å². The number of piperazine rings is 1. The Morgan fingerprint density at radius 3 is 2.49 bits per heavy atom. The number of carbonyl (C=O) groups is 3. The zero-order valence-corrected chi connectivity index (χ0v) is 21.2. The Bertz CT molecular complexity index is 1210. The maximum atomic E-state index is 14.0. The van der Waals surface area contributed by atoms with Crippen molar-refractivity contribution in [3.8, 4) is 5.75 Å². The minimum Gasteiger partial charge on any atom is -0.497 e. The fourth-order valence-electron chi connectivity index (χ4n) is 4.59. The molecule has 2 aliphatic heterocycles. The highest BCUT2D eigenvalue weighted by atomic mass is 19.1. The Hall–Kier alpha value is -3.92. The first kappa shape index (κ1) is 26.2. The lowest BCUT2D eigenvalue weighted by Crippen LogP contribution is -2.53. The first-order chi connectivity index (χ1) is 17.8. The number of likely N-dealkylation sites (N-methyl/N-ethyl adjacent to an activating group) is 1. The Morgan fingerprint density at radius 2 is 1.81 bits per heavy atom. The second-order valence-electron chi connectivity index (χ2n) is 8.88. The van der Waals surface area contributed by atoms with Crippen LogP contribution in [0.25, 0.3) is 0 Å². The molecule has 9 nitrogen and oxygen atoms in total. The van der Waals surface area contributed by atoms with E-state index >= 15 is 0 Å². The predicted octanol–water partition coefficient (Wildman–Crippen LogP) is 2.81. The van der Waals surface area contributed by atoms with Crippen LogP contribution in [0.3, 0.4) is 0 Å². The van der Waals surface area contributed by atoms with E-state index in [1.165, 1.54) is 23.1 Å². The average Bonchev–Trinajstić information content (AvgIpc) is 2.91. The van der Waals surface area contributed by atoms with Crippen molar-refractivity contribution in [2.75, 3.05) is 53.5 Å². The number of nitrogens with one attached hydrogen (secondary N) is 1. The SMILES string of the molecule is CCOC(=O)C1=C(CN2CCN(C(=O)c3cccc(OC)c3)CC2)N(C)C(=O)NC1c1cccc(F)c1. The van der Waals surface area contributed by atoms with Crippen LogP contribution < -0.4 is 10.1 Å². The van der Waals surface area contributed by atoms with Gasteiger partial charge in [-0.2, -0.15) is 0 Å². The summed E-state index contributed by atoms with van der Waals surface area (Å²) in [5, 5.41) is 2.80. The highest BCUT2D eigenvalue weighted by molar-refractivity contribution is 5.95. The van der Waals surface area contributed by atoms with Crippen LogP contribution in [0, 0.1) is 5.82 Å². The van der Waals surface area contributed by atoms with Gasteiger partial charge in [-0.3, -0.25) is 14.6 Å². The quantitative estimate of drug-likeness (QED) is 0.576. The molecule has 1 atom stereocenters. The Kier molecular flexibility index (Phi) is 8.08. The van der Waals surface area contributed by atoms with Crippen molar-refractivity contribution in [2.45, 2.75) is 13.0 Å². The molecule has 10 heteroatoms. The predicted molar refractivity (Wildman–Crippen MR) is 134 cm³/mol. The van der Waals surface area contributed by atoms with Crippen molar-refractivity contribution < 1.29 is 28.2 Å². The smallest absolute Gasteiger partial charge is 0.338 e. The number of methoxy groups -OCH3 is 1. The molecule has 2 heterocycles. The van der Waals surface area contributed by atoms with E-state index < -0.39 is 23.9 Å². The summed E-state index contributed by atoms with van der Waals surface area (Å²) in [6.07, 6.45) is 0. The molecular formula is C27H31FN4O5. The fraction of sp³-hybridized carbons (Fsp3) is 0.370. The van der Waals surface area contributed by atoms with Gasteiger partial charge < -0.3 is 19.7 Å². The molecule has 0 radical (unpaired) electrons. The molecule has 0 aromatic heterocycles. The standard InChI is InChI=1S/C27H31FN4O5/c1-4-37-26(34)23-22(30(2)27(35)29-24(23)18-7-5-9-20(28)15-18)17-31-11-13-32(14-12-31)25(33)19-8-6-10-21(16-19)36-3/h5-10,15-16,24H,4,11-14,17H2,1-3H3,(H,29,35). The summed E-state index contributed by atoms with van der Waals surface area (Å²) < 4.78 is 24.6. The molecule has 0 saturated carbocycles. The highest BCUT2D eigenvalue weighted by Crippen LogP contribution is 2.32. The van der Waals surface area contributed by atoms with E-state index in [1.807, 2.05) is 0 Å². The first-order valence-corrected chi connectivity index (χ1v) is 12.2. The third-order valence-electron chi connectivity index (χ3n) is 6.60. The van der Waals surface area contributed by atoms with Crippen LogP contribution in [-0.2, 0) is 9.53 Å². The van der Waals surface area contributed by atoms with Crippen molar-refractivity contribution in [2.24, 2.45) is 0 Å². The molecule has 0 bridgehead atoms. The van der Waals surface area contributed by atoms with Crippen LogP contribution in [0.1, 0.15) is 28.9 Å². The number of halogens is 1. The number of carbonyl (C=O) groups excluding carboxylic acids is 3. The second-order valence-corrected chi connectivity index (χ2v) is 8.88. The monoisotopic (exact) mass is 510 g/mol. The number of rotatable bonds is 7. The zero-order valence-electron chi connectivity index (χ0n) is 21.2. The van der Waals surface area contributed by atoms with Crippen LogP contribution in [0.2, 0.25) is 0 Å². The van der Waals surface area contributed by atoms with Gasteiger partial charge in [0.1, 0.15) is 11.6 Å². The molecule has 1 N–H and O–H groups in total. The van der Waals surface area contributed by atoms with E-state index in [0.717, 1.165) is 0 Å². The number of amides is 3. The third-order valence-corrected chi connectivity index (χ3v) is 6.60. The number of esters is 1. The largest absolute Gasteiger partial charge is 0.497 e. The summed E-state index contributed by atoms with van der Waals surface area (Å²) >= 11 is 0. The summed E-state index contributed by atoms with van der Waals surface area (Å²) in [5.41, 5.74) is 1.77. The molecule has 37 heavy (non-hydrogen) atoms. The van der Waals surface area contributed by atoms with Gasteiger partial charge in [0.05, 0.1) is 25.3 Å². The molecule has 2 aromatic carbocycles. The Labute approximate surface area is 215 Å². The van der Waals surface area contributed by atoms with E-state index in [1.54, 1.807) is 56.3 Å². The van der Waals surface area contributed by atoms with Gasteiger partial charge in [0.15, 0.2) is 0 Å². The van der Waals surface area contributed by atoms with Gasteiger partial charge >= 0.3 is 12.0 Å². The first-order valence-electron chi connectivity index (χ1n) is 12.2. The molecule has 0 aliphatic carbocycles. The van der Waals surface area contributed by atoms with Gasteiger partial charge in [-0.15, -0.1) is 0 Å². The van der Waals surface area contributed by atoms with Crippen LogP contribution in [-0.4, -0.2) is 86.1 Å². The van der Waals surface area contributed by atoms with Gasteiger partial charge in [-0.25, -0.2) is 14.0 Å². The molecule has 3 amide bonds. The number of hydrogen-bond donors (Lipinski definition) is 1. The molecule has 4 rings (SSSR count). The summed E-state index contributed by atoms with van der Waals surface area (Å²) in [4.78, 5) is 44.2. The number of hydrogen-bond acceptors (Lipinski definition) is 6. The number of benzene rings is 2. The lowest BCUT2D eigenvalue weighted by Gasteiger charge is -2.39. The number of ether oxygens (including phenoxy) is 2. The highest BCUT2D eigenvalue weighted by Gasteiger charge is 2.38. The lowest BCUT2D eigenvalue weighted by molar-refractivity contribution is -0.139. The summed E-state index contributed by atoms with van der Waals surface area (Å²) in [5.74, 6) is -0.489. The van der Waals surface area contributed by atoms with Crippen LogP contribution in [0.4, 0.5) is 9.18 Å². The minimum atomic E-state index is -0.843. The molecule has 196 valence electrons. The molecule has 2 aromatic rings. The fourth-order valence-corrected chi connectivity index (χ4v) is 4.59. The normalized spacial score (nSPS) is 18.5. The Morgan fingerprint density at radius 1 is 1.08 bits per heavy atom. The molecular weight excluding hydrogens is 479 g/mol. The van der Waals surface area contributed by atoms with Crippen molar-refractivity contribution in [3.05, 3.63) is 76.7 Å². The van der Waals surface area contributed by atoms with Gasteiger partial charge in [0.2, 0.25) is 0 Å². The molecule has 1 unspecified atom stereocenters. The van der Waals surface area contributed by atoms with E-state index in [-0.39, 0.29) is 18.1 Å². The maximum Gasteiger partial charge on any atom is 0.338 e. The number of nitrogens with zero attached hydrogens (tertiary/aromatic N) is 3. The van der Waals surface area contributed by atoms with Crippen LogP contribution in [0.15, 0.2) is 59.8 Å². The second kappa shape index (κ2) is 11.4. The lowest BCUT2D eigenvalue weighted by atomic mass is 9.94. The minimum absolute atomic E-state index is 0.0784. The molecule has 2 aliphatic rings. The summed E-state index contributed by atoms with van der Waals surface area (Å²) in [6, 6.07) is 11.6. The average molecular weight is 511 g/mol. The van der Waals surface area contributed by atoms with Crippen molar-refractivity contribution in [1.82, 2.24) is 20.0 Å². The zero-order chi connectivity index (χ0) is 26.5. The van der Waals surface area contributed by atoms with Crippen LogP contribution in [0.5, 0.6) is 5.75 Å². The summed E-state index contributed by atoms with van der Waals surface area (Å²) in [7, 11) is 3.15. The van der Waals surface area contributed by atoms with E-state index in [4.69, 9.17) is 9.47 Å². The maximum absolute atomic E-state index is 14.0. The van der Waals surface area contributed by atoms with Crippen molar-refractivity contribution in [3.63, 3.8) is 0 Å². The van der Waals surface area contributed by atoms with E-state index in [2.05, 4.69) is 10.2 Å². The Balaban J connectivity index is 1.55. The van der Waals surface area contributed by atoms with E-state index in [9.17, 15) is 18.8 Å². The van der Waals surface area contributed by atoms with Gasteiger partial charge in [0, 0.05) is 51.0 Å². The number of urea groups is 1. The molecule has 1 fully saturated rings. The van der Waals surface area contributed by atoms with Crippen molar-refractivity contribution >= 4 is 17.9 Å². The van der Waals surface area contributed by atoms with Gasteiger partial charge in [0.25, 0.3) is 5.91 Å². The molecule has 0 spiro atoms. The topological polar surface area (TPSA) is 91.4 Å². The van der Waals surface area contributed by atoms with Crippen molar-refractivity contribution in [1.29, 1.82) is 0 Å². The third kappa shape index (κ3) is 5.75. The molecule has 1 saturated heterocycles. The van der Waals surface area contributed by atoms with E-state index in [0.29, 0.717) is 55.3 Å².